The Morgan fingerprint density at radius 2 is 1.64 bits per heavy atom. The van der Waals surface area contributed by atoms with Gasteiger partial charge in [0, 0.05) is 36.9 Å². The van der Waals surface area contributed by atoms with Gasteiger partial charge in [0.15, 0.2) is 0 Å². The Hall–Kier alpha value is -2.93. The number of nitrogens with zero attached hydrogens (tertiary/aromatic N) is 4. The molecular weight excluding hydrogens is 380 g/mol. The highest BCUT2D eigenvalue weighted by molar-refractivity contribution is 6.30. The normalized spacial score (nSPS) is 14.2. The van der Waals surface area contributed by atoms with Crippen LogP contribution in [0.1, 0.15) is 0 Å². The molecule has 0 amide bonds. The Bertz CT molecular complexity index is 937. The molecule has 0 radical (unpaired) electrons. The van der Waals surface area contributed by atoms with Crippen LogP contribution in [0.25, 0.3) is 11.4 Å². The molecule has 2 aromatic carbocycles. The van der Waals surface area contributed by atoms with E-state index in [0.29, 0.717) is 23.3 Å². The van der Waals surface area contributed by atoms with Gasteiger partial charge in [0.25, 0.3) is 0 Å². The quantitative estimate of drug-likeness (QED) is 0.646. The van der Waals surface area contributed by atoms with Crippen LogP contribution in [-0.2, 0) is 0 Å². The van der Waals surface area contributed by atoms with E-state index < -0.39 is 0 Å². The summed E-state index contributed by atoms with van der Waals surface area (Å²) < 4.78 is 16.2. The van der Waals surface area contributed by atoms with Crippen LogP contribution in [0.15, 0.2) is 47.0 Å². The number of ether oxygens (including phenoxy) is 2. The molecule has 1 saturated heterocycles. The van der Waals surface area contributed by atoms with Crippen molar-refractivity contribution < 1.29 is 14.0 Å². The molecule has 1 aliphatic rings. The molecule has 0 saturated carbocycles. The number of aromatic nitrogens is 2. The lowest BCUT2D eigenvalue weighted by atomic mass is 10.2. The van der Waals surface area contributed by atoms with Crippen molar-refractivity contribution in [3.8, 4) is 22.9 Å². The zero-order valence-electron chi connectivity index (χ0n) is 15.8. The average Bonchev–Trinajstić information content (AvgIpc) is 3.24. The van der Waals surface area contributed by atoms with Crippen LogP contribution in [0.5, 0.6) is 11.5 Å². The van der Waals surface area contributed by atoms with Crippen molar-refractivity contribution in [3.05, 3.63) is 47.5 Å². The first kappa shape index (κ1) is 18.4. The topological polar surface area (TPSA) is 63.9 Å². The van der Waals surface area contributed by atoms with Crippen molar-refractivity contribution in [2.75, 3.05) is 50.2 Å². The van der Waals surface area contributed by atoms with E-state index >= 15 is 0 Å². The minimum absolute atomic E-state index is 0.478. The number of benzene rings is 2. The Labute approximate surface area is 168 Å². The first-order chi connectivity index (χ1) is 13.7. The van der Waals surface area contributed by atoms with Crippen LogP contribution < -0.4 is 19.3 Å². The number of hydrogen-bond donors (Lipinski definition) is 0. The van der Waals surface area contributed by atoms with Crippen molar-refractivity contribution in [2.45, 2.75) is 0 Å². The highest BCUT2D eigenvalue weighted by Gasteiger charge is 2.23. The highest BCUT2D eigenvalue weighted by Crippen LogP contribution is 2.32. The molecule has 2 heterocycles. The molecule has 0 atom stereocenters. The third kappa shape index (κ3) is 3.71. The first-order valence-corrected chi connectivity index (χ1v) is 9.37. The molecule has 7 nitrogen and oxygen atoms in total. The number of hydrogen-bond acceptors (Lipinski definition) is 7. The van der Waals surface area contributed by atoms with E-state index in [0.717, 1.165) is 42.5 Å². The Morgan fingerprint density at radius 1 is 0.929 bits per heavy atom. The summed E-state index contributed by atoms with van der Waals surface area (Å²) in [5.74, 6) is 1.85. The highest BCUT2D eigenvalue weighted by atomic mass is 35.5. The summed E-state index contributed by atoms with van der Waals surface area (Å²) in [4.78, 5) is 8.98. The molecule has 1 aliphatic heterocycles. The van der Waals surface area contributed by atoms with E-state index in [9.17, 15) is 0 Å². The summed E-state index contributed by atoms with van der Waals surface area (Å²) in [6.07, 6.45) is 0. The molecule has 4 rings (SSSR count). The number of methoxy groups -OCH3 is 2. The van der Waals surface area contributed by atoms with Gasteiger partial charge in [0.2, 0.25) is 5.82 Å². The fraction of sp³-hybridized carbons (Fsp3) is 0.300. The number of rotatable bonds is 5. The van der Waals surface area contributed by atoms with Crippen molar-refractivity contribution in [1.82, 2.24) is 10.1 Å². The number of halogens is 1. The molecule has 28 heavy (non-hydrogen) atoms. The lowest BCUT2D eigenvalue weighted by molar-refractivity contribution is 0.400. The van der Waals surface area contributed by atoms with E-state index in [-0.39, 0.29) is 0 Å². The second-order valence-electron chi connectivity index (χ2n) is 6.42. The van der Waals surface area contributed by atoms with Gasteiger partial charge in [-0.1, -0.05) is 16.8 Å². The van der Waals surface area contributed by atoms with Gasteiger partial charge in [0.1, 0.15) is 11.5 Å². The molecule has 0 aliphatic carbocycles. The van der Waals surface area contributed by atoms with Crippen molar-refractivity contribution in [1.29, 1.82) is 0 Å². The molecule has 0 unspecified atom stereocenters. The fourth-order valence-corrected chi connectivity index (χ4v) is 3.38. The van der Waals surface area contributed by atoms with Crippen LogP contribution >= 0.6 is 11.6 Å². The summed E-state index contributed by atoms with van der Waals surface area (Å²) in [5.41, 5.74) is 1.90. The second kappa shape index (κ2) is 7.98. The predicted molar refractivity (Wildman–Crippen MR) is 109 cm³/mol. The predicted octanol–water partition coefficient (Wildman–Crippen LogP) is 3.73. The Morgan fingerprint density at radius 3 is 2.32 bits per heavy atom. The fourth-order valence-electron chi connectivity index (χ4n) is 3.25. The molecule has 0 bridgehead atoms. The van der Waals surface area contributed by atoms with Crippen LogP contribution in [0.4, 0.5) is 11.7 Å². The summed E-state index contributed by atoms with van der Waals surface area (Å²) in [6.45, 7) is 3.31. The largest absolute Gasteiger partial charge is 0.497 e. The zero-order valence-corrected chi connectivity index (χ0v) is 16.5. The van der Waals surface area contributed by atoms with Gasteiger partial charge in [-0.15, -0.1) is 0 Å². The van der Waals surface area contributed by atoms with Gasteiger partial charge < -0.3 is 23.8 Å². The van der Waals surface area contributed by atoms with Gasteiger partial charge in [-0.05, 0) is 42.5 Å². The van der Waals surface area contributed by atoms with Gasteiger partial charge in [0.05, 0.1) is 19.8 Å². The summed E-state index contributed by atoms with van der Waals surface area (Å²) >= 11 is 5.98. The molecular formula is C20H21ClN4O3. The Balaban J connectivity index is 1.48. The van der Waals surface area contributed by atoms with Gasteiger partial charge in [-0.2, -0.15) is 4.98 Å². The standard InChI is InChI=1S/C20H21ClN4O3/c1-26-16-7-8-18(27-2)17(13-16)19-22-20(28-23-19)25-11-9-24(10-12-25)15-5-3-14(21)4-6-15/h3-8,13H,9-12H2,1-2H3. The summed E-state index contributed by atoms with van der Waals surface area (Å²) in [7, 11) is 3.23. The minimum Gasteiger partial charge on any atom is -0.497 e. The zero-order chi connectivity index (χ0) is 19.5. The number of piperazine rings is 1. The van der Waals surface area contributed by atoms with E-state index in [1.807, 2.05) is 42.5 Å². The third-order valence-corrected chi connectivity index (χ3v) is 5.06. The van der Waals surface area contributed by atoms with Gasteiger partial charge in [-0.3, -0.25) is 0 Å². The second-order valence-corrected chi connectivity index (χ2v) is 6.85. The minimum atomic E-state index is 0.478. The smallest absolute Gasteiger partial charge is 0.324 e. The van der Waals surface area contributed by atoms with E-state index in [2.05, 4.69) is 19.9 Å². The number of anilines is 2. The van der Waals surface area contributed by atoms with Crippen LogP contribution in [0.3, 0.4) is 0 Å². The molecule has 146 valence electrons. The lowest BCUT2D eigenvalue weighted by Crippen LogP contribution is -2.46. The maximum Gasteiger partial charge on any atom is 0.324 e. The summed E-state index contributed by atoms with van der Waals surface area (Å²) in [6, 6.07) is 13.9. The maximum absolute atomic E-state index is 5.98. The maximum atomic E-state index is 5.98. The summed E-state index contributed by atoms with van der Waals surface area (Å²) in [5, 5.41) is 4.89. The van der Waals surface area contributed by atoms with Crippen molar-refractivity contribution in [3.63, 3.8) is 0 Å². The SMILES string of the molecule is COc1ccc(OC)c(-c2noc(N3CCN(c4ccc(Cl)cc4)CC3)n2)c1. The molecule has 0 N–H and O–H groups in total. The lowest BCUT2D eigenvalue weighted by Gasteiger charge is -2.35. The van der Waals surface area contributed by atoms with Crippen molar-refractivity contribution >= 4 is 23.3 Å². The molecule has 1 aromatic heterocycles. The first-order valence-electron chi connectivity index (χ1n) is 8.99. The molecule has 8 heteroatoms. The molecule has 1 fully saturated rings. The van der Waals surface area contributed by atoms with E-state index in [1.165, 1.54) is 0 Å². The monoisotopic (exact) mass is 400 g/mol. The third-order valence-electron chi connectivity index (χ3n) is 4.80. The van der Waals surface area contributed by atoms with Crippen molar-refractivity contribution in [2.24, 2.45) is 0 Å². The van der Waals surface area contributed by atoms with Gasteiger partial charge >= 0.3 is 6.01 Å². The van der Waals surface area contributed by atoms with E-state index in [4.69, 9.17) is 25.6 Å². The van der Waals surface area contributed by atoms with Crippen LogP contribution in [0.2, 0.25) is 5.02 Å². The Kier molecular flexibility index (Phi) is 5.25. The van der Waals surface area contributed by atoms with Crippen LogP contribution in [0, 0.1) is 0 Å². The van der Waals surface area contributed by atoms with Crippen LogP contribution in [-0.4, -0.2) is 50.5 Å². The average molecular weight is 401 g/mol. The van der Waals surface area contributed by atoms with Gasteiger partial charge in [-0.25, -0.2) is 0 Å². The molecule has 0 spiro atoms. The van der Waals surface area contributed by atoms with E-state index in [1.54, 1.807) is 14.2 Å². The molecule has 3 aromatic rings.